The van der Waals surface area contributed by atoms with Crippen molar-refractivity contribution in [3.05, 3.63) is 29.3 Å². The van der Waals surface area contributed by atoms with Crippen molar-refractivity contribution in [2.75, 3.05) is 28.3 Å². The molecule has 6 nitrogen and oxygen atoms in total. The molecule has 0 unspecified atom stereocenters. The van der Waals surface area contributed by atoms with Crippen LogP contribution >= 0.6 is 0 Å². The lowest BCUT2D eigenvalue weighted by molar-refractivity contribution is -0.0510. The van der Waals surface area contributed by atoms with Crippen LogP contribution in [-0.2, 0) is 14.9 Å². The summed E-state index contributed by atoms with van der Waals surface area (Å²) in [5, 5.41) is 0. The average molecular weight is 380 g/mol. The van der Waals surface area contributed by atoms with E-state index < -0.39 is 33.2 Å². The molecule has 1 aromatic rings. The Morgan fingerprint density at radius 3 is 1.67 bits per heavy atom. The van der Waals surface area contributed by atoms with Gasteiger partial charge < -0.3 is 4.74 Å². The molecule has 0 aliphatic heterocycles. The third-order valence-corrected chi connectivity index (χ3v) is 2.99. The zero-order valence-electron chi connectivity index (χ0n) is 13.0. The lowest BCUT2D eigenvalue weighted by atomic mass is 10.1. The fourth-order valence-corrected chi connectivity index (χ4v) is 1.44. The van der Waals surface area contributed by atoms with Gasteiger partial charge in [-0.15, -0.1) is 0 Å². The molecule has 0 radical (unpaired) electrons. The highest BCUT2D eigenvalue weighted by Gasteiger charge is 2.44. The Bertz CT molecular complexity index is 687. The van der Waals surface area contributed by atoms with Crippen molar-refractivity contribution >= 4 is 21.8 Å². The predicted molar refractivity (Wildman–Crippen MR) is 74.9 cm³/mol. The molecule has 0 aliphatic rings. The van der Waals surface area contributed by atoms with E-state index >= 15 is 0 Å². The van der Waals surface area contributed by atoms with Gasteiger partial charge >= 0.3 is 21.6 Å². The van der Waals surface area contributed by atoms with Crippen molar-refractivity contribution in [3.8, 4) is 0 Å². The molecule has 0 aromatic heterocycles. The Hall–Kier alpha value is -1.79. The minimum atomic E-state index is -5.84. The highest BCUT2D eigenvalue weighted by Crippen LogP contribution is 2.27. The van der Waals surface area contributed by atoms with Crippen LogP contribution in [0.25, 0.3) is 0 Å². The number of halogens is 5. The molecule has 24 heavy (non-hydrogen) atoms. The number of carbonyl (C=O) groups is 1. The van der Waals surface area contributed by atoms with Crippen molar-refractivity contribution in [1.29, 1.82) is 0 Å². The summed E-state index contributed by atoms with van der Waals surface area (Å²) in [4.78, 5) is 11.1. The first-order valence-corrected chi connectivity index (χ1v) is 7.39. The van der Waals surface area contributed by atoms with E-state index in [1.807, 2.05) is 0 Å². The summed E-state index contributed by atoms with van der Waals surface area (Å²) in [7, 11) is 0.233. The minimum Gasteiger partial charge on any atom is -0.465 e. The maximum atomic E-state index is 13.6. The second kappa shape index (κ2) is 7.40. The molecule has 0 atom stereocenters. The fourth-order valence-electron chi connectivity index (χ4n) is 1.44. The molecule has 1 N–H and O–H groups in total. The Morgan fingerprint density at radius 2 is 1.46 bits per heavy atom. The Labute approximate surface area is 134 Å². The molecule has 0 saturated carbocycles. The number of esters is 1. The Balaban J connectivity index is 0.000000561. The van der Waals surface area contributed by atoms with Crippen LogP contribution in [-0.4, -0.2) is 52.7 Å². The number of nitrogens with zero attached hydrogens (tertiary/aromatic N) is 1. The molecule has 1 aromatic carbocycles. The monoisotopic (exact) mass is 380 g/mol. The topological polar surface area (TPSA) is 80.7 Å². The standard InChI is InChI=1S/C11H14F2NO2.CHF3O3S/c1-14(2,3)10-8(12)5-7(6-9(10)13)11(15)16-4;2-1(3,4)8(5,6)7/h5-6H,1-4H3;(H,5,6,7)/q+1;. The second-order valence-electron chi connectivity index (χ2n) is 5.21. The number of hydrogen-bond acceptors (Lipinski definition) is 4. The van der Waals surface area contributed by atoms with Crippen molar-refractivity contribution in [2.45, 2.75) is 5.51 Å². The molecule has 1 rings (SSSR count). The van der Waals surface area contributed by atoms with E-state index in [1.165, 1.54) is 0 Å². The van der Waals surface area contributed by atoms with Crippen LogP contribution in [0, 0.1) is 11.6 Å². The predicted octanol–water partition coefficient (Wildman–Crippen LogP) is 2.34. The number of carbonyl (C=O) groups excluding carboxylic acids is 1. The molecule has 0 fully saturated rings. The normalized spacial score (nSPS) is 12.2. The summed E-state index contributed by atoms with van der Waals surface area (Å²) in [6.45, 7) is 0. The SMILES string of the molecule is COC(=O)c1cc(F)c([N+](C)(C)C)c(F)c1.O=S(=O)(O)C(F)(F)F. The first-order chi connectivity index (χ1) is 10.5. The Morgan fingerprint density at radius 1 is 1.12 bits per heavy atom. The number of methoxy groups -OCH3 is 1. The van der Waals surface area contributed by atoms with E-state index in [0.717, 1.165) is 19.2 Å². The van der Waals surface area contributed by atoms with Gasteiger partial charge in [-0.3, -0.25) is 9.04 Å². The minimum absolute atomic E-state index is 0.000874. The van der Waals surface area contributed by atoms with E-state index in [2.05, 4.69) is 4.74 Å². The summed E-state index contributed by atoms with van der Waals surface area (Å²) in [5.41, 5.74) is -5.75. The molecule has 0 saturated heterocycles. The van der Waals surface area contributed by atoms with E-state index in [0.29, 0.717) is 0 Å². The van der Waals surface area contributed by atoms with Crippen LogP contribution in [0.2, 0.25) is 0 Å². The molecule has 0 amide bonds. The van der Waals surface area contributed by atoms with Crippen LogP contribution in [0.15, 0.2) is 12.1 Å². The first kappa shape index (κ1) is 22.2. The van der Waals surface area contributed by atoms with E-state index in [-0.39, 0.29) is 15.7 Å². The molecular formula is C12H15F5NO5S+. The second-order valence-corrected chi connectivity index (χ2v) is 6.63. The van der Waals surface area contributed by atoms with Gasteiger partial charge in [0, 0.05) is 0 Å². The van der Waals surface area contributed by atoms with Crippen LogP contribution in [0.5, 0.6) is 0 Å². The van der Waals surface area contributed by atoms with Gasteiger partial charge in [0.1, 0.15) is 0 Å². The van der Waals surface area contributed by atoms with E-state index in [1.54, 1.807) is 21.1 Å². The van der Waals surface area contributed by atoms with Gasteiger partial charge in [0.15, 0.2) is 11.6 Å². The Kier molecular flexibility index (Phi) is 6.85. The number of ether oxygens (including phenoxy) is 1. The molecule has 0 spiro atoms. The largest absolute Gasteiger partial charge is 0.522 e. The zero-order chi connectivity index (χ0) is 19.5. The molecule has 138 valence electrons. The summed E-state index contributed by atoms with van der Waals surface area (Å²) < 4.78 is 89.2. The molecule has 0 heterocycles. The number of quaternary nitrogens is 1. The fraction of sp³-hybridized carbons (Fsp3) is 0.417. The maximum Gasteiger partial charge on any atom is 0.522 e. The van der Waals surface area contributed by atoms with Gasteiger partial charge in [0.2, 0.25) is 5.69 Å². The smallest absolute Gasteiger partial charge is 0.465 e. The van der Waals surface area contributed by atoms with Gasteiger partial charge in [-0.1, -0.05) is 0 Å². The number of alkyl halides is 3. The summed E-state index contributed by atoms with van der Waals surface area (Å²) >= 11 is 0. The molecule has 0 aliphatic carbocycles. The van der Waals surface area contributed by atoms with Crippen molar-refractivity contribution < 1.29 is 44.5 Å². The third kappa shape index (κ3) is 6.02. The number of hydrogen-bond donors (Lipinski definition) is 1. The first-order valence-electron chi connectivity index (χ1n) is 5.95. The van der Waals surface area contributed by atoms with Gasteiger partial charge in [-0.2, -0.15) is 21.6 Å². The van der Waals surface area contributed by atoms with Crippen molar-refractivity contribution in [3.63, 3.8) is 0 Å². The van der Waals surface area contributed by atoms with E-state index in [9.17, 15) is 26.7 Å². The van der Waals surface area contributed by atoms with Crippen LogP contribution in [0.4, 0.5) is 27.6 Å². The van der Waals surface area contributed by atoms with Gasteiger partial charge in [-0.25, -0.2) is 13.6 Å². The van der Waals surface area contributed by atoms with Crippen molar-refractivity contribution in [1.82, 2.24) is 4.48 Å². The van der Waals surface area contributed by atoms with Crippen LogP contribution in [0.1, 0.15) is 10.4 Å². The quantitative estimate of drug-likeness (QED) is 0.280. The lowest BCUT2D eigenvalue weighted by Gasteiger charge is -2.24. The lowest BCUT2D eigenvalue weighted by Crippen LogP contribution is -2.36. The summed E-state index contributed by atoms with van der Waals surface area (Å²) in [5.74, 6) is -2.27. The van der Waals surface area contributed by atoms with Gasteiger partial charge in [0.05, 0.1) is 33.8 Å². The number of rotatable bonds is 2. The molecule has 0 bridgehead atoms. The summed E-state index contributed by atoms with van der Waals surface area (Å²) in [6, 6.07) is 1.96. The van der Waals surface area contributed by atoms with Crippen LogP contribution < -0.4 is 4.48 Å². The maximum absolute atomic E-state index is 13.6. The third-order valence-electron chi connectivity index (χ3n) is 2.40. The van der Waals surface area contributed by atoms with Crippen LogP contribution in [0.3, 0.4) is 0 Å². The molecular weight excluding hydrogens is 365 g/mol. The average Bonchev–Trinajstić information content (AvgIpc) is 2.33. The number of benzene rings is 1. The van der Waals surface area contributed by atoms with Crippen molar-refractivity contribution in [2.24, 2.45) is 0 Å². The van der Waals surface area contributed by atoms with E-state index in [4.69, 9.17) is 13.0 Å². The highest BCUT2D eigenvalue weighted by molar-refractivity contribution is 7.86. The highest BCUT2D eigenvalue weighted by atomic mass is 32.2. The zero-order valence-corrected chi connectivity index (χ0v) is 13.8. The van der Waals surface area contributed by atoms with Gasteiger partial charge in [-0.05, 0) is 12.1 Å². The molecule has 12 heteroatoms. The summed E-state index contributed by atoms with van der Waals surface area (Å²) in [6.07, 6.45) is 0. The van der Waals surface area contributed by atoms with Gasteiger partial charge in [0.25, 0.3) is 0 Å².